The first-order chi connectivity index (χ1) is 5.75. The lowest BCUT2D eigenvalue weighted by atomic mass is 10.3. The lowest BCUT2D eigenvalue weighted by Crippen LogP contribution is -1.82. The molecule has 3 nitrogen and oxygen atoms in total. The number of hydrogen-bond donors (Lipinski definition) is 2. The second kappa shape index (κ2) is 3.67. The van der Waals surface area contributed by atoms with Crippen molar-refractivity contribution in [2.45, 2.75) is 6.92 Å². The largest absolute Gasteiger partial charge is 0.504 e. The lowest BCUT2D eigenvalue weighted by molar-refractivity contribution is 0.375. The van der Waals surface area contributed by atoms with E-state index in [-0.39, 0.29) is 17.2 Å². The smallest absolute Gasteiger partial charge is 0.209 e. The van der Waals surface area contributed by atoms with E-state index in [1.54, 1.807) is 13.0 Å². The number of phenolic OH excluding ortho intramolecular Hbond substituents is 2. The van der Waals surface area contributed by atoms with Crippen molar-refractivity contribution >= 4 is 0 Å². The maximum Gasteiger partial charge on any atom is 0.209 e. The number of rotatable bonds is 2. The van der Waals surface area contributed by atoms with Crippen LogP contribution in [-0.4, -0.2) is 10.2 Å². The number of para-hydroxylation sites is 1. The molecule has 0 aliphatic carbocycles. The van der Waals surface area contributed by atoms with E-state index in [0.717, 1.165) is 0 Å². The Balaban J connectivity index is 2.96. The van der Waals surface area contributed by atoms with Crippen molar-refractivity contribution < 1.29 is 14.9 Å². The van der Waals surface area contributed by atoms with Crippen LogP contribution in [0.5, 0.6) is 17.2 Å². The lowest BCUT2D eigenvalue weighted by Gasteiger charge is -2.04. The number of phenols is 2. The molecule has 1 rings (SSSR count). The molecule has 3 heteroatoms. The van der Waals surface area contributed by atoms with Crippen molar-refractivity contribution in [3.8, 4) is 17.2 Å². The summed E-state index contributed by atoms with van der Waals surface area (Å²) in [6.45, 7) is 1.77. The van der Waals surface area contributed by atoms with Gasteiger partial charge in [0.25, 0.3) is 0 Å². The fraction of sp³-hybridized carbons (Fsp3) is 0.111. The molecule has 0 aliphatic rings. The molecule has 0 aromatic heterocycles. The van der Waals surface area contributed by atoms with E-state index in [9.17, 15) is 10.2 Å². The van der Waals surface area contributed by atoms with Crippen LogP contribution in [0.25, 0.3) is 0 Å². The number of benzene rings is 1. The Labute approximate surface area is 70.5 Å². The van der Waals surface area contributed by atoms with Gasteiger partial charge in [0.1, 0.15) is 0 Å². The molecule has 1 aromatic carbocycles. The van der Waals surface area contributed by atoms with Gasteiger partial charge >= 0.3 is 0 Å². The molecule has 0 bridgehead atoms. The fourth-order valence-electron chi connectivity index (χ4n) is 0.770. The third-order valence-corrected chi connectivity index (χ3v) is 1.30. The molecule has 2 N–H and O–H groups in total. The molecule has 0 saturated heterocycles. The van der Waals surface area contributed by atoms with Gasteiger partial charge in [0, 0.05) is 0 Å². The van der Waals surface area contributed by atoms with Gasteiger partial charge in [0.2, 0.25) is 5.75 Å². The minimum atomic E-state index is -0.0758. The molecule has 0 amide bonds. The van der Waals surface area contributed by atoms with Crippen LogP contribution in [0, 0.1) is 0 Å². The van der Waals surface area contributed by atoms with Gasteiger partial charge < -0.3 is 14.9 Å². The first kappa shape index (κ1) is 8.46. The minimum absolute atomic E-state index is 0.0758. The predicted molar refractivity (Wildman–Crippen MR) is 45.2 cm³/mol. The van der Waals surface area contributed by atoms with Crippen LogP contribution in [0.2, 0.25) is 0 Å². The summed E-state index contributed by atoms with van der Waals surface area (Å²) in [6.07, 6.45) is 3.04. The third kappa shape index (κ3) is 1.69. The summed E-state index contributed by atoms with van der Waals surface area (Å²) in [7, 11) is 0. The molecular weight excluding hydrogens is 156 g/mol. The molecule has 0 saturated carbocycles. The molecule has 0 atom stereocenters. The molecule has 0 heterocycles. The summed E-state index contributed by atoms with van der Waals surface area (Å²) < 4.78 is 4.94. The van der Waals surface area contributed by atoms with Crippen molar-refractivity contribution in [3.63, 3.8) is 0 Å². The Bertz CT molecular complexity index is 272. The van der Waals surface area contributed by atoms with Crippen LogP contribution in [0.4, 0.5) is 0 Å². The summed E-state index contributed by atoms with van der Waals surface area (Å²) in [5.74, 6) is -0.0724. The Morgan fingerprint density at radius 3 is 2.33 bits per heavy atom. The van der Waals surface area contributed by atoms with Crippen LogP contribution in [0.1, 0.15) is 6.92 Å². The molecule has 0 fully saturated rings. The highest BCUT2D eigenvalue weighted by Gasteiger charge is 2.05. The molecule has 0 aliphatic heterocycles. The second-order valence-corrected chi connectivity index (χ2v) is 2.21. The summed E-state index contributed by atoms with van der Waals surface area (Å²) in [5.41, 5.74) is 0. The first-order valence-electron chi connectivity index (χ1n) is 3.54. The van der Waals surface area contributed by atoms with Gasteiger partial charge in [-0.15, -0.1) is 0 Å². The van der Waals surface area contributed by atoms with Gasteiger partial charge in [-0.05, 0) is 19.1 Å². The van der Waals surface area contributed by atoms with E-state index in [1.807, 2.05) is 0 Å². The van der Waals surface area contributed by atoms with Gasteiger partial charge in [-0.1, -0.05) is 12.1 Å². The van der Waals surface area contributed by atoms with Gasteiger partial charge in [0.15, 0.2) is 11.5 Å². The number of hydrogen-bond acceptors (Lipinski definition) is 3. The van der Waals surface area contributed by atoms with E-state index >= 15 is 0 Å². The van der Waals surface area contributed by atoms with E-state index in [4.69, 9.17) is 4.74 Å². The highest BCUT2D eigenvalue weighted by Crippen LogP contribution is 2.34. The molecule has 0 radical (unpaired) electrons. The van der Waals surface area contributed by atoms with E-state index < -0.39 is 0 Å². The average Bonchev–Trinajstić information content (AvgIpc) is 2.04. The van der Waals surface area contributed by atoms with Crippen LogP contribution in [-0.2, 0) is 0 Å². The van der Waals surface area contributed by atoms with Gasteiger partial charge in [-0.25, -0.2) is 0 Å². The molecule has 64 valence electrons. The topological polar surface area (TPSA) is 49.7 Å². The minimum Gasteiger partial charge on any atom is -0.504 e. The maximum atomic E-state index is 9.20. The van der Waals surface area contributed by atoms with Crippen LogP contribution in [0.15, 0.2) is 30.5 Å². The van der Waals surface area contributed by atoms with Crippen molar-refractivity contribution in [1.82, 2.24) is 0 Å². The zero-order chi connectivity index (χ0) is 8.97. The highest BCUT2D eigenvalue weighted by molar-refractivity contribution is 5.49. The van der Waals surface area contributed by atoms with E-state index in [1.165, 1.54) is 24.5 Å². The molecular formula is C9H10O3. The standard InChI is InChI=1S/C9H10O3/c1-2-6-12-9-7(10)4-3-5-8(9)11/h2-6,10-11H,1H3. The monoisotopic (exact) mass is 166 g/mol. The average molecular weight is 166 g/mol. The van der Waals surface area contributed by atoms with E-state index in [0.29, 0.717) is 0 Å². The van der Waals surface area contributed by atoms with Crippen LogP contribution in [0.3, 0.4) is 0 Å². The Morgan fingerprint density at radius 1 is 1.25 bits per heavy atom. The van der Waals surface area contributed by atoms with Crippen molar-refractivity contribution in [1.29, 1.82) is 0 Å². The Hall–Kier alpha value is -1.64. The summed E-state index contributed by atoms with van der Waals surface area (Å²) >= 11 is 0. The molecule has 12 heavy (non-hydrogen) atoms. The highest BCUT2D eigenvalue weighted by atomic mass is 16.5. The first-order valence-corrected chi connectivity index (χ1v) is 3.54. The zero-order valence-electron chi connectivity index (χ0n) is 6.69. The second-order valence-electron chi connectivity index (χ2n) is 2.21. The maximum absolute atomic E-state index is 9.20. The normalized spacial score (nSPS) is 10.4. The van der Waals surface area contributed by atoms with Crippen molar-refractivity contribution in [2.24, 2.45) is 0 Å². The quantitative estimate of drug-likeness (QED) is 0.661. The van der Waals surface area contributed by atoms with Crippen LogP contribution < -0.4 is 4.74 Å². The zero-order valence-corrected chi connectivity index (χ0v) is 6.69. The molecule has 0 spiro atoms. The van der Waals surface area contributed by atoms with E-state index in [2.05, 4.69) is 0 Å². The number of ether oxygens (including phenoxy) is 1. The summed E-state index contributed by atoms with van der Waals surface area (Å²) in [4.78, 5) is 0. The third-order valence-electron chi connectivity index (χ3n) is 1.30. The summed E-state index contributed by atoms with van der Waals surface area (Å²) in [5, 5.41) is 18.4. The molecule has 0 unspecified atom stereocenters. The number of allylic oxidation sites excluding steroid dienone is 1. The number of aromatic hydroxyl groups is 2. The van der Waals surface area contributed by atoms with Gasteiger partial charge in [-0.2, -0.15) is 0 Å². The molecule has 1 aromatic rings. The van der Waals surface area contributed by atoms with Gasteiger partial charge in [0.05, 0.1) is 6.26 Å². The fourth-order valence-corrected chi connectivity index (χ4v) is 0.770. The van der Waals surface area contributed by atoms with Gasteiger partial charge in [-0.3, -0.25) is 0 Å². The Kier molecular flexibility index (Phi) is 2.58. The SMILES string of the molecule is CC=COc1c(O)cccc1O. The predicted octanol–water partition coefficient (Wildman–Crippen LogP) is 2.01. The Morgan fingerprint density at radius 2 is 1.83 bits per heavy atom. The van der Waals surface area contributed by atoms with Crippen LogP contribution >= 0.6 is 0 Å². The van der Waals surface area contributed by atoms with Crippen molar-refractivity contribution in [2.75, 3.05) is 0 Å². The van der Waals surface area contributed by atoms with Crippen molar-refractivity contribution in [3.05, 3.63) is 30.5 Å². The summed E-state index contributed by atoms with van der Waals surface area (Å²) in [6, 6.07) is 4.42.